The van der Waals surface area contributed by atoms with E-state index in [0.29, 0.717) is 17.0 Å². The molecular formula is C21H20N7O6S+. The number of carbonyl (C=O) groups excluding carboxylic acids is 2. The van der Waals surface area contributed by atoms with Gasteiger partial charge in [0.05, 0.1) is 17.3 Å². The number of aromatic nitrogens is 3. The fraction of sp³-hybridized carbons (Fsp3) is 0.238. The van der Waals surface area contributed by atoms with E-state index < -0.39 is 29.2 Å². The molecule has 3 aromatic heterocycles. The molecule has 5 N–H and O–H groups in total. The number of aliphatic carboxylic acids is 1. The Hall–Kier alpha value is -4.33. The molecule has 2 atom stereocenters. The number of carboxylic acid groups (broad SMARTS) is 1. The van der Waals surface area contributed by atoms with Crippen molar-refractivity contribution in [2.45, 2.75) is 18.0 Å². The molecule has 2 amide bonds. The first-order chi connectivity index (χ1) is 16.9. The molecule has 5 rings (SSSR count). The van der Waals surface area contributed by atoms with Gasteiger partial charge in [0.2, 0.25) is 0 Å². The number of hydrogen-bond donors (Lipinski definition) is 4. The van der Waals surface area contributed by atoms with Crippen LogP contribution in [0, 0.1) is 0 Å². The van der Waals surface area contributed by atoms with Gasteiger partial charge in [0.15, 0.2) is 18.5 Å². The van der Waals surface area contributed by atoms with Gasteiger partial charge in [-0.3, -0.25) is 19.6 Å². The number of rotatable bonds is 7. The number of amides is 2. The van der Waals surface area contributed by atoms with Crippen LogP contribution in [-0.4, -0.2) is 68.0 Å². The van der Waals surface area contributed by atoms with Crippen LogP contribution in [0.25, 0.3) is 11.1 Å². The number of nitrogens with two attached hydrogens (primary N) is 1. The lowest BCUT2D eigenvalue weighted by molar-refractivity contribution is -0.669. The Morgan fingerprint density at radius 3 is 3.03 bits per heavy atom. The molecule has 2 aliphatic heterocycles. The second-order valence-corrected chi connectivity index (χ2v) is 8.87. The molecule has 14 heteroatoms. The van der Waals surface area contributed by atoms with Gasteiger partial charge in [0.25, 0.3) is 11.8 Å². The molecule has 0 spiro atoms. The Morgan fingerprint density at radius 1 is 1.49 bits per heavy atom. The lowest BCUT2D eigenvalue weighted by atomic mass is 10.0. The summed E-state index contributed by atoms with van der Waals surface area (Å²) in [6, 6.07) is 6.00. The first-order valence-corrected chi connectivity index (χ1v) is 11.4. The molecule has 0 saturated carbocycles. The Balaban J connectivity index is 1.38. The molecule has 13 nitrogen and oxygen atoms in total. The van der Waals surface area contributed by atoms with Crippen LogP contribution in [0.2, 0.25) is 0 Å². The van der Waals surface area contributed by atoms with Gasteiger partial charge >= 0.3 is 11.7 Å². The quantitative estimate of drug-likeness (QED) is 0.149. The second kappa shape index (κ2) is 8.79. The van der Waals surface area contributed by atoms with Gasteiger partial charge in [-0.05, 0) is 12.1 Å². The van der Waals surface area contributed by atoms with Crippen molar-refractivity contribution in [1.29, 1.82) is 0 Å². The maximum absolute atomic E-state index is 13.0. The smallest absolute Gasteiger partial charge is 0.380 e. The molecular weight excluding hydrogens is 478 g/mol. The molecule has 5 heterocycles. The number of carboxylic acids is 1. The highest BCUT2D eigenvalue weighted by Crippen LogP contribution is 2.40. The zero-order valence-electron chi connectivity index (χ0n) is 18.3. The van der Waals surface area contributed by atoms with Crippen LogP contribution in [0.5, 0.6) is 0 Å². The van der Waals surface area contributed by atoms with E-state index >= 15 is 0 Å². The number of oxime groups is 1. The van der Waals surface area contributed by atoms with Crippen molar-refractivity contribution < 1.29 is 33.3 Å². The van der Waals surface area contributed by atoms with Gasteiger partial charge in [0.1, 0.15) is 30.0 Å². The summed E-state index contributed by atoms with van der Waals surface area (Å²) in [6.07, 6.45) is 3.35. The summed E-state index contributed by atoms with van der Waals surface area (Å²) in [7, 11) is 1.27. The number of thioether (sulfide) groups is 1. The summed E-state index contributed by atoms with van der Waals surface area (Å²) in [5.74, 6) is -1.95. The summed E-state index contributed by atoms with van der Waals surface area (Å²) >= 11 is 1.36. The zero-order valence-corrected chi connectivity index (χ0v) is 19.1. The van der Waals surface area contributed by atoms with E-state index in [1.165, 1.54) is 29.8 Å². The topological polar surface area (TPSA) is 180 Å². The summed E-state index contributed by atoms with van der Waals surface area (Å²) in [5, 5.41) is 22.9. The fourth-order valence-corrected chi connectivity index (χ4v) is 5.43. The fourth-order valence-electron chi connectivity index (χ4n) is 4.10. The molecule has 0 bridgehead atoms. The van der Waals surface area contributed by atoms with Crippen LogP contribution in [0.4, 0.5) is 5.82 Å². The van der Waals surface area contributed by atoms with Gasteiger partial charge in [-0.15, -0.1) is 11.8 Å². The van der Waals surface area contributed by atoms with E-state index in [-0.39, 0.29) is 29.5 Å². The standard InChI is InChI=1S/C21H19N7O6S/c1-33-26-14(12-7-13(22)25-24-12)17(29)23-15-18(30)28-16(21(31)32)11(9-35-20(15)28)8-27-5-2-3-10-4-6-34-19(10)27/h2-7,15,20H,8-9H2,1H3,(H4-,22,23,24,25,26,29,31,32)/p+1/t15?,20-/m0/s1. The molecule has 1 unspecified atom stereocenters. The molecule has 1 fully saturated rings. The number of nitrogens with one attached hydrogen (secondary N) is 2. The zero-order chi connectivity index (χ0) is 24.7. The average Bonchev–Trinajstić information content (AvgIpc) is 3.49. The third-order valence-corrected chi connectivity index (χ3v) is 6.96. The van der Waals surface area contributed by atoms with Crippen molar-refractivity contribution in [2.75, 3.05) is 18.6 Å². The van der Waals surface area contributed by atoms with Crippen molar-refractivity contribution in [3.05, 3.63) is 53.7 Å². The van der Waals surface area contributed by atoms with Gasteiger partial charge in [-0.2, -0.15) is 9.67 Å². The molecule has 35 heavy (non-hydrogen) atoms. The lowest BCUT2D eigenvalue weighted by Gasteiger charge is -2.49. The largest absolute Gasteiger partial charge is 0.477 e. The van der Waals surface area contributed by atoms with Crippen molar-refractivity contribution in [3.8, 4) is 0 Å². The normalized spacial score (nSPS) is 20.0. The summed E-state index contributed by atoms with van der Waals surface area (Å²) < 4.78 is 7.33. The van der Waals surface area contributed by atoms with Crippen LogP contribution in [-0.2, 0) is 25.8 Å². The number of furan rings is 1. The monoisotopic (exact) mass is 498 g/mol. The van der Waals surface area contributed by atoms with Gasteiger partial charge in [-0.25, -0.2) is 4.79 Å². The number of H-pyrrole nitrogens is 1. The Kier molecular flexibility index (Phi) is 5.64. The Morgan fingerprint density at radius 2 is 2.31 bits per heavy atom. The number of aromatic amines is 1. The van der Waals surface area contributed by atoms with E-state index in [1.807, 2.05) is 18.2 Å². The number of fused-ring (bicyclic) bond motifs is 2. The van der Waals surface area contributed by atoms with Crippen LogP contribution in [0.3, 0.4) is 0 Å². The first-order valence-electron chi connectivity index (χ1n) is 10.4. The van der Waals surface area contributed by atoms with Crippen molar-refractivity contribution >= 4 is 52.2 Å². The number of anilines is 1. The van der Waals surface area contributed by atoms with Crippen molar-refractivity contribution in [1.82, 2.24) is 20.4 Å². The third-order valence-electron chi connectivity index (χ3n) is 5.62. The minimum atomic E-state index is -1.22. The van der Waals surface area contributed by atoms with E-state index in [1.54, 1.807) is 17.0 Å². The second-order valence-electron chi connectivity index (χ2n) is 7.76. The number of nitrogens with zero attached hydrogens (tertiary/aromatic N) is 4. The predicted molar refractivity (Wildman–Crippen MR) is 123 cm³/mol. The highest BCUT2D eigenvalue weighted by atomic mass is 32.2. The molecule has 2 aliphatic rings. The predicted octanol–water partition coefficient (Wildman–Crippen LogP) is -0.185. The van der Waals surface area contributed by atoms with Gasteiger partial charge in [0, 0.05) is 23.5 Å². The number of pyridine rings is 1. The number of carbonyl (C=O) groups is 3. The summed E-state index contributed by atoms with van der Waals surface area (Å²) in [6.45, 7) is 0.235. The van der Waals surface area contributed by atoms with E-state index in [9.17, 15) is 19.5 Å². The summed E-state index contributed by atoms with van der Waals surface area (Å²) in [5.41, 5.74) is 6.71. The molecule has 180 valence electrons. The van der Waals surface area contributed by atoms with Crippen molar-refractivity contribution in [3.63, 3.8) is 0 Å². The van der Waals surface area contributed by atoms with Gasteiger partial charge in [-0.1, -0.05) is 5.16 Å². The third kappa shape index (κ3) is 3.86. The van der Waals surface area contributed by atoms with E-state index in [4.69, 9.17) is 15.0 Å². The van der Waals surface area contributed by atoms with E-state index in [0.717, 1.165) is 5.39 Å². The first kappa shape index (κ1) is 22.5. The maximum atomic E-state index is 13.0. The van der Waals surface area contributed by atoms with Crippen LogP contribution in [0.1, 0.15) is 5.69 Å². The lowest BCUT2D eigenvalue weighted by Crippen LogP contribution is -2.71. The Bertz CT molecular complexity index is 1410. The van der Waals surface area contributed by atoms with Crippen LogP contribution >= 0.6 is 11.8 Å². The number of hydrogen-bond acceptors (Lipinski definition) is 9. The van der Waals surface area contributed by atoms with Gasteiger partial charge < -0.3 is 25.4 Å². The SMILES string of the molecule is CON=C(C(=O)NC1C(=O)N2C(C(=O)O)=C(C[n+]3cccc4ccoc43)CS[C@@H]12)c1cc(N)n[nH]1. The number of β-lactam (4-membered cyclic amide) rings is 1. The van der Waals surface area contributed by atoms with E-state index in [2.05, 4.69) is 20.7 Å². The average molecular weight is 499 g/mol. The minimum absolute atomic E-state index is 0.0903. The molecule has 0 aliphatic carbocycles. The molecule has 1 saturated heterocycles. The summed E-state index contributed by atoms with van der Waals surface area (Å²) in [4.78, 5) is 44.0. The molecule has 0 radical (unpaired) electrons. The van der Waals surface area contributed by atoms with Crippen LogP contribution in [0.15, 0.2) is 57.6 Å². The number of nitrogen functional groups attached to an aromatic ring is 1. The molecule has 3 aromatic rings. The highest BCUT2D eigenvalue weighted by Gasteiger charge is 2.54. The molecule has 0 aromatic carbocycles. The van der Waals surface area contributed by atoms with Crippen LogP contribution < -0.4 is 15.6 Å². The van der Waals surface area contributed by atoms with Crippen molar-refractivity contribution in [2.24, 2.45) is 5.16 Å². The maximum Gasteiger partial charge on any atom is 0.380 e. The minimum Gasteiger partial charge on any atom is -0.477 e. The highest BCUT2D eigenvalue weighted by molar-refractivity contribution is 8.00. The Labute approximate surface area is 201 Å².